The zero-order valence-corrected chi connectivity index (χ0v) is 27.2. The van der Waals surface area contributed by atoms with E-state index in [2.05, 4.69) is 26.5 Å². The first kappa shape index (κ1) is 31.5. The minimum Gasteiger partial charge on any atom is -0.392 e. The second kappa shape index (κ2) is 10.1. The van der Waals surface area contributed by atoms with Crippen molar-refractivity contribution in [2.75, 3.05) is 0 Å². The molecule has 1 aromatic rings. The molecule has 43 heavy (non-hydrogen) atoms. The Kier molecular flexibility index (Phi) is 7.37. The number of allylic oxidation sites excluding steroid dienone is 5. The van der Waals surface area contributed by atoms with Gasteiger partial charge in [-0.25, -0.2) is 0 Å². The maximum Gasteiger partial charge on any atom is 0.184 e. The molecule has 5 aliphatic carbocycles. The number of carbonyl (C=O) groups excluding carboxylic acids is 4. The zero-order chi connectivity index (χ0) is 31.9. The quantitative estimate of drug-likeness (QED) is 0.197. The van der Waals surface area contributed by atoms with Crippen molar-refractivity contribution in [1.82, 2.24) is 0 Å². The summed E-state index contributed by atoms with van der Waals surface area (Å²) in [6.45, 7) is 19.9. The second-order valence-corrected chi connectivity index (χ2v) is 15.5. The van der Waals surface area contributed by atoms with E-state index in [1.54, 1.807) is 30.3 Å². The maximum absolute atomic E-state index is 15.3. The van der Waals surface area contributed by atoms with Crippen LogP contribution < -0.4 is 0 Å². The fraction of sp³-hybridized carbons (Fsp3) is 0.579. The highest BCUT2D eigenvalue weighted by Crippen LogP contribution is 2.78. The zero-order valence-electron chi connectivity index (χ0n) is 27.2. The molecule has 0 aromatic heterocycles. The van der Waals surface area contributed by atoms with E-state index < -0.39 is 56.4 Å². The molecule has 5 aliphatic rings. The number of aliphatic hydroxyl groups is 1. The third-order valence-electron chi connectivity index (χ3n) is 12.2. The summed E-state index contributed by atoms with van der Waals surface area (Å²) in [5, 5.41) is 12.1. The topological polar surface area (TPSA) is 88.5 Å². The maximum atomic E-state index is 15.3. The Morgan fingerprint density at radius 1 is 0.930 bits per heavy atom. The van der Waals surface area contributed by atoms with E-state index in [1.807, 2.05) is 47.6 Å². The predicted octanol–water partition coefficient (Wildman–Crippen LogP) is 7.29. The molecule has 4 bridgehead atoms. The minimum absolute atomic E-state index is 0.167. The number of carbonyl (C=O) groups is 4. The molecule has 0 unspecified atom stereocenters. The molecule has 1 N–H and O–H groups in total. The number of aliphatic hydroxyl groups excluding tert-OH is 1. The van der Waals surface area contributed by atoms with Gasteiger partial charge in [0.2, 0.25) is 0 Å². The molecule has 0 heterocycles. The van der Waals surface area contributed by atoms with Crippen LogP contribution in [0.1, 0.15) is 97.9 Å². The van der Waals surface area contributed by atoms with Crippen molar-refractivity contribution in [3.8, 4) is 0 Å². The Morgan fingerprint density at radius 3 is 2.14 bits per heavy atom. The van der Waals surface area contributed by atoms with Gasteiger partial charge < -0.3 is 5.11 Å². The molecular weight excluding hydrogens is 536 g/mol. The normalized spacial score (nSPS) is 37.2. The van der Waals surface area contributed by atoms with Gasteiger partial charge in [-0.2, -0.15) is 0 Å². The molecule has 0 aliphatic heterocycles. The van der Waals surface area contributed by atoms with Crippen LogP contribution in [-0.4, -0.2) is 34.3 Å². The molecule has 5 fully saturated rings. The standard InChI is InChI=1S/C38H48O5/c1-22(2)14-13-15-24(5)18-19-36-20-27-28-30(40)34(6,7)26(23(3)4)21-37(28,31(36)41)33(43)38(32(36)42,35(27,8)9)29(39)25-16-11-10-12-17-25/h10-12,14,16-18,26-28,30,40H,3,13,15,19-21H2,1-2,4-9H3/b24-18+/t26-,27-,28-,30-,36+,37-,38+/m0/s1. The molecule has 6 rings (SSSR count). The highest BCUT2D eigenvalue weighted by atomic mass is 16.3. The molecule has 0 radical (unpaired) electrons. The lowest BCUT2D eigenvalue weighted by atomic mass is 9.24. The summed E-state index contributed by atoms with van der Waals surface area (Å²) < 4.78 is 0. The highest BCUT2D eigenvalue weighted by molar-refractivity contribution is 6.42. The van der Waals surface area contributed by atoms with Crippen LogP contribution in [-0.2, 0) is 14.4 Å². The van der Waals surface area contributed by atoms with E-state index in [1.165, 1.54) is 5.57 Å². The van der Waals surface area contributed by atoms with E-state index in [0.717, 1.165) is 24.0 Å². The summed E-state index contributed by atoms with van der Waals surface area (Å²) in [6, 6.07) is 8.58. The van der Waals surface area contributed by atoms with Gasteiger partial charge in [0, 0.05) is 11.5 Å². The summed E-state index contributed by atoms with van der Waals surface area (Å²) in [5.41, 5.74) is -3.46. The van der Waals surface area contributed by atoms with Crippen LogP contribution in [0.2, 0.25) is 0 Å². The lowest BCUT2D eigenvalue weighted by Gasteiger charge is -2.74. The molecule has 5 saturated carbocycles. The Hall–Kier alpha value is -2.92. The van der Waals surface area contributed by atoms with Crippen LogP contribution in [0, 0.1) is 44.8 Å². The lowest BCUT2D eigenvalue weighted by molar-refractivity contribution is -0.245. The molecule has 1 spiro atoms. The molecule has 230 valence electrons. The van der Waals surface area contributed by atoms with Gasteiger partial charge in [0.25, 0.3) is 0 Å². The minimum atomic E-state index is -2.01. The number of ketones is 4. The van der Waals surface area contributed by atoms with Crippen LogP contribution in [0.25, 0.3) is 0 Å². The van der Waals surface area contributed by atoms with Crippen molar-refractivity contribution in [2.45, 2.75) is 93.6 Å². The first-order chi connectivity index (χ1) is 20.0. The molecule has 0 saturated heterocycles. The summed E-state index contributed by atoms with van der Waals surface area (Å²) in [5.74, 6) is -3.39. The Bertz CT molecular complexity index is 1470. The molecular formula is C38H48O5. The SMILES string of the molecule is C=C(C)[C@@H]1C[C@@]23C(=O)[C@@]4(C/C=C(\C)CCC=C(C)C)C[C@@H]([C@H]2[C@H](O)C1(C)C)C(C)(C)[C@](C(=O)c1ccccc1)(C4=O)C3=O. The Morgan fingerprint density at radius 2 is 1.56 bits per heavy atom. The fourth-order valence-corrected chi connectivity index (χ4v) is 9.82. The van der Waals surface area contributed by atoms with Gasteiger partial charge in [-0.15, -0.1) is 0 Å². The monoisotopic (exact) mass is 584 g/mol. The van der Waals surface area contributed by atoms with Crippen molar-refractivity contribution < 1.29 is 24.3 Å². The number of hydrogen-bond donors (Lipinski definition) is 1. The second-order valence-electron chi connectivity index (χ2n) is 15.5. The van der Waals surface area contributed by atoms with Crippen molar-refractivity contribution in [1.29, 1.82) is 0 Å². The van der Waals surface area contributed by atoms with Crippen molar-refractivity contribution in [2.24, 2.45) is 44.8 Å². The average molecular weight is 585 g/mol. The van der Waals surface area contributed by atoms with Crippen LogP contribution in [0.3, 0.4) is 0 Å². The number of hydrogen-bond acceptors (Lipinski definition) is 5. The van der Waals surface area contributed by atoms with Gasteiger partial charge in [-0.1, -0.05) is 93.5 Å². The molecule has 5 heteroatoms. The van der Waals surface area contributed by atoms with E-state index in [4.69, 9.17) is 0 Å². The van der Waals surface area contributed by atoms with Crippen molar-refractivity contribution in [3.05, 3.63) is 71.3 Å². The predicted molar refractivity (Wildman–Crippen MR) is 168 cm³/mol. The first-order valence-corrected chi connectivity index (χ1v) is 15.8. The molecule has 7 atom stereocenters. The first-order valence-electron chi connectivity index (χ1n) is 15.8. The van der Waals surface area contributed by atoms with Gasteiger partial charge in [0.1, 0.15) is 0 Å². The Balaban J connectivity index is 1.76. The third-order valence-corrected chi connectivity index (χ3v) is 12.2. The molecule has 5 nitrogen and oxygen atoms in total. The van der Waals surface area contributed by atoms with Gasteiger partial charge in [-0.3, -0.25) is 19.2 Å². The van der Waals surface area contributed by atoms with Crippen LogP contribution >= 0.6 is 0 Å². The van der Waals surface area contributed by atoms with E-state index in [-0.39, 0.29) is 36.9 Å². The highest BCUT2D eigenvalue weighted by Gasteiger charge is 2.89. The summed E-state index contributed by atoms with van der Waals surface area (Å²) in [6.07, 6.45) is 5.41. The fourth-order valence-electron chi connectivity index (χ4n) is 9.82. The molecule has 1 aromatic carbocycles. The lowest BCUT2D eigenvalue weighted by Crippen LogP contribution is -2.86. The van der Waals surface area contributed by atoms with E-state index in [0.29, 0.717) is 5.56 Å². The van der Waals surface area contributed by atoms with Crippen LogP contribution in [0.5, 0.6) is 0 Å². The smallest absolute Gasteiger partial charge is 0.184 e. The largest absolute Gasteiger partial charge is 0.392 e. The van der Waals surface area contributed by atoms with E-state index in [9.17, 15) is 9.90 Å². The van der Waals surface area contributed by atoms with Crippen molar-refractivity contribution >= 4 is 23.1 Å². The van der Waals surface area contributed by atoms with Crippen molar-refractivity contribution in [3.63, 3.8) is 0 Å². The third kappa shape index (κ3) is 3.85. The van der Waals surface area contributed by atoms with Gasteiger partial charge in [0.05, 0.1) is 16.9 Å². The van der Waals surface area contributed by atoms with Gasteiger partial charge >= 0.3 is 0 Å². The average Bonchev–Trinajstić information content (AvgIpc) is 2.93. The van der Waals surface area contributed by atoms with Crippen LogP contribution in [0.4, 0.5) is 0 Å². The van der Waals surface area contributed by atoms with Crippen LogP contribution in [0.15, 0.2) is 65.8 Å². The molecule has 0 amide bonds. The number of rotatable bonds is 8. The number of benzene rings is 1. The summed E-state index contributed by atoms with van der Waals surface area (Å²) in [7, 11) is 0. The summed E-state index contributed by atoms with van der Waals surface area (Å²) >= 11 is 0. The number of Topliss-reactive ketones (excluding diaryl/α,β-unsaturated/α-hetero) is 4. The summed E-state index contributed by atoms with van der Waals surface area (Å²) in [4.78, 5) is 60.2. The van der Waals surface area contributed by atoms with E-state index >= 15 is 14.4 Å². The van der Waals surface area contributed by atoms with Gasteiger partial charge in [0.15, 0.2) is 28.5 Å². The van der Waals surface area contributed by atoms with Gasteiger partial charge in [-0.05, 0) is 82.5 Å². The Labute approximate surface area is 256 Å².